The first-order valence-electron chi connectivity index (χ1n) is 11.0. The van der Waals surface area contributed by atoms with E-state index in [4.69, 9.17) is 15.6 Å². The third-order valence-electron chi connectivity index (χ3n) is 5.49. The molecule has 4 rings (SSSR count). The first-order chi connectivity index (χ1) is 17.4. The number of rotatable bonds is 7. The van der Waals surface area contributed by atoms with Crippen LogP contribution in [-0.2, 0) is 0 Å². The van der Waals surface area contributed by atoms with Gasteiger partial charge < -0.3 is 9.15 Å². The van der Waals surface area contributed by atoms with Crippen molar-refractivity contribution < 1.29 is 14.1 Å². The highest BCUT2D eigenvalue weighted by Gasteiger charge is 2.23. The number of hydrogen-bond donors (Lipinski definition) is 0. The quantitative estimate of drug-likeness (QED) is 0.127. The van der Waals surface area contributed by atoms with Crippen molar-refractivity contribution in [2.24, 2.45) is 4.99 Å². The van der Waals surface area contributed by atoms with E-state index in [9.17, 15) is 15.4 Å². The smallest absolute Gasteiger partial charge is 0.270 e. The van der Waals surface area contributed by atoms with Crippen LogP contribution in [0.5, 0.6) is 5.75 Å². The minimum atomic E-state index is -0.513. The van der Waals surface area contributed by atoms with Crippen LogP contribution in [0.3, 0.4) is 0 Å². The fourth-order valence-electron chi connectivity index (χ4n) is 3.65. The molecule has 7 heteroatoms. The highest BCUT2D eigenvalue weighted by Crippen LogP contribution is 2.42. The van der Waals surface area contributed by atoms with Crippen LogP contribution in [0.15, 0.2) is 76.1 Å². The average Bonchev–Trinajstić information content (AvgIpc) is 3.25. The van der Waals surface area contributed by atoms with E-state index < -0.39 is 4.92 Å². The molecule has 0 radical (unpaired) electrons. The van der Waals surface area contributed by atoms with Crippen molar-refractivity contribution in [1.82, 2.24) is 0 Å². The summed E-state index contributed by atoms with van der Waals surface area (Å²) in [7, 11) is 0. The number of nitrogens with zero attached hydrogens (tertiary/aromatic N) is 3. The molecule has 7 nitrogen and oxygen atoms in total. The molecule has 36 heavy (non-hydrogen) atoms. The highest BCUT2D eigenvalue weighted by atomic mass is 16.6. The normalized spacial score (nSPS) is 10.7. The number of aliphatic imine (C=N–C) groups is 1. The molecule has 0 saturated heterocycles. The van der Waals surface area contributed by atoms with Crippen LogP contribution in [-0.4, -0.2) is 17.7 Å². The summed E-state index contributed by atoms with van der Waals surface area (Å²) in [6.07, 6.45) is 6.66. The third kappa shape index (κ3) is 5.01. The van der Waals surface area contributed by atoms with Crippen LogP contribution >= 0.6 is 0 Å². The first-order valence-corrected chi connectivity index (χ1v) is 11.0. The van der Waals surface area contributed by atoms with Gasteiger partial charge in [-0.05, 0) is 25.5 Å². The number of aryl methyl sites for hydroxylation is 2. The standard InChI is InChI=1S/C29H21N3O4/c1-4-15-35-26-14-13-24(32(33)34)16-23(26)18-31-29-25(17-30)27(21-9-5-19(2)6-10-21)28(36-29)22-11-7-20(3)8-12-22/h1,5-14,16,18H,15H2,2-3H3. The Bertz CT molecular complexity index is 1530. The molecule has 0 unspecified atom stereocenters. The van der Waals surface area contributed by atoms with Gasteiger partial charge in [0.1, 0.15) is 29.7 Å². The number of nitriles is 1. The van der Waals surface area contributed by atoms with E-state index in [1.165, 1.54) is 24.4 Å². The SMILES string of the molecule is C#CCOc1ccc([N+](=O)[O-])cc1C=Nc1oc(-c2ccc(C)cc2)c(-c2ccc(C)cc2)c1C#N. The van der Waals surface area contributed by atoms with Gasteiger partial charge in [0.05, 0.1) is 4.92 Å². The third-order valence-corrected chi connectivity index (χ3v) is 5.49. The molecule has 4 aromatic rings. The molecule has 0 fully saturated rings. The minimum absolute atomic E-state index is 0.0159. The molecule has 3 aromatic carbocycles. The van der Waals surface area contributed by atoms with E-state index >= 15 is 0 Å². The molecule has 1 aromatic heterocycles. The molecule has 176 valence electrons. The van der Waals surface area contributed by atoms with Crippen LogP contribution in [0.2, 0.25) is 0 Å². The summed E-state index contributed by atoms with van der Waals surface area (Å²) in [4.78, 5) is 15.2. The summed E-state index contributed by atoms with van der Waals surface area (Å²) in [5.41, 5.74) is 4.85. The van der Waals surface area contributed by atoms with Crippen LogP contribution in [0.1, 0.15) is 22.3 Å². The zero-order valence-electron chi connectivity index (χ0n) is 19.7. The second-order valence-electron chi connectivity index (χ2n) is 8.06. The van der Waals surface area contributed by atoms with Crippen molar-refractivity contribution in [3.63, 3.8) is 0 Å². The zero-order chi connectivity index (χ0) is 25.7. The van der Waals surface area contributed by atoms with Gasteiger partial charge in [0.25, 0.3) is 5.69 Å². The van der Waals surface area contributed by atoms with Crippen molar-refractivity contribution in [3.8, 4) is 46.6 Å². The Balaban J connectivity index is 1.87. The van der Waals surface area contributed by atoms with Gasteiger partial charge in [0.2, 0.25) is 5.88 Å². The number of benzene rings is 3. The maximum atomic E-state index is 11.3. The predicted octanol–water partition coefficient (Wildman–Crippen LogP) is 6.77. The molecular weight excluding hydrogens is 454 g/mol. The van der Waals surface area contributed by atoms with Gasteiger partial charge in [-0.3, -0.25) is 10.1 Å². The maximum absolute atomic E-state index is 11.3. The Kier molecular flexibility index (Phi) is 6.95. The first kappa shape index (κ1) is 24.0. The molecule has 0 atom stereocenters. The monoisotopic (exact) mass is 475 g/mol. The van der Waals surface area contributed by atoms with Crippen LogP contribution < -0.4 is 4.74 Å². The minimum Gasteiger partial charge on any atom is -0.480 e. The molecule has 0 aliphatic carbocycles. The van der Waals surface area contributed by atoms with Crippen molar-refractivity contribution in [1.29, 1.82) is 5.26 Å². The lowest BCUT2D eigenvalue weighted by Gasteiger charge is -2.05. The molecule has 0 saturated carbocycles. The lowest BCUT2D eigenvalue weighted by Crippen LogP contribution is -1.99. The summed E-state index contributed by atoms with van der Waals surface area (Å²) >= 11 is 0. The number of ether oxygens (including phenoxy) is 1. The van der Waals surface area contributed by atoms with Crippen molar-refractivity contribution >= 4 is 17.8 Å². The molecule has 0 amide bonds. The molecule has 0 N–H and O–H groups in total. The number of nitro benzene ring substituents is 1. The van der Waals surface area contributed by atoms with E-state index in [1.807, 2.05) is 62.4 Å². The Morgan fingerprint density at radius 1 is 1.06 bits per heavy atom. The van der Waals surface area contributed by atoms with E-state index in [1.54, 1.807) is 0 Å². The van der Waals surface area contributed by atoms with E-state index in [0.29, 0.717) is 22.6 Å². The lowest BCUT2D eigenvalue weighted by atomic mass is 9.97. The Labute approximate surface area is 208 Å². The van der Waals surface area contributed by atoms with E-state index in [0.717, 1.165) is 22.3 Å². The summed E-state index contributed by atoms with van der Waals surface area (Å²) in [6.45, 7) is 3.96. The van der Waals surface area contributed by atoms with Crippen LogP contribution in [0.25, 0.3) is 22.5 Å². The molecule has 0 bridgehead atoms. The van der Waals surface area contributed by atoms with Gasteiger partial charge in [0, 0.05) is 35.0 Å². The second kappa shape index (κ2) is 10.4. The van der Waals surface area contributed by atoms with Crippen LogP contribution in [0, 0.1) is 47.6 Å². The van der Waals surface area contributed by atoms with Gasteiger partial charge in [-0.25, -0.2) is 4.99 Å². The summed E-state index contributed by atoms with van der Waals surface area (Å²) in [6, 6.07) is 21.9. The number of hydrogen-bond acceptors (Lipinski definition) is 6. The molecule has 0 aliphatic rings. The number of furan rings is 1. The van der Waals surface area contributed by atoms with E-state index in [-0.39, 0.29) is 23.7 Å². The van der Waals surface area contributed by atoms with Crippen molar-refractivity contribution in [2.45, 2.75) is 13.8 Å². The number of nitro groups is 1. The van der Waals surface area contributed by atoms with Gasteiger partial charge in [-0.1, -0.05) is 65.6 Å². The molecule has 0 spiro atoms. The Morgan fingerprint density at radius 2 is 1.69 bits per heavy atom. The maximum Gasteiger partial charge on any atom is 0.270 e. The summed E-state index contributed by atoms with van der Waals surface area (Å²) in [5.74, 6) is 3.28. The fraction of sp³-hybridized carbons (Fsp3) is 0.103. The Morgan fingerprint density at radius 3 is 2.28 bits per heavy atom. The second-order valence-corrected chi connectivity index (χ2v) is 8.06. The predicted molar refractivity (Wildman–Crippen MR) is 138 cm³/mol. The zero-order valence-corrected chi connectivity index (χ0v) is 19.7. The highest BCUT2D eigenvalue weighted by molar-refractivity contribution is 5.91. The average molecular weight is 476 g/mol. The molecular formula is C29H21N3O4. The van der Waals surface area contributed by atoms with Gasteiger partial charge in [-0.15, -0.1) is 6.42 Å². The van der Waals surface area contributed by atoms with Crippen LogP contribution in [0.4, 0.5) is 11.6 Å². The van der Waals surface area contributed by atoms with Crippen molar-refractivity contribution in [2.75, 3.05) is 6.61 Å². The number of non-ortho nitro benzene ring substituents is 1. The lowest BCUT2D eigenvalue weighted by molar-refractivity contribution is -0.384. The van der Waals surface area contributed by atoms with Gasteiger partial charge in [-0.2, -0.15) is 5.26 Å². The van der Waals surface area contributed by atoms with Crippen molar-refractivity contribution in [3.05, 3.63) is 99.1 Å². The molecule has 1 heterocycles. The number of terminal acetylenes is 1. The molecule has 0 aliphatic heterocycles. The Hall–Kier alpha value is -5.14. The van der Waals surface area contributed by atoms with E-state index in [2.05, 4.69) is 17.0 Å². The fourth-order valence-corrected chi connectivity index (χ4v) is 3.65. The largest absolute Gasteiger partial charge is 0.480 e. The topological polar surface area (TPSA) is 102 Å². The summed E-state index contributed by atoms with van der Waals surface area (Å²) < 4.78 is 11.7. The van der Waals surface area contributed by atoms with Gasteiger partial charge >= 0.3 is 0 Å². The van der Waals surface area contributed by atoms with Gasteiger partial charge in [0.15, 0.2) is 0 Å². The summed E-state index contributed by atoms with van der Waals surface area (Å²) in [5, 5.41) is 21.4.